The summed E-state index contributed by atoms with van der Waals surface area (Å²) in [6, 6.07) is 0. The first kappa shape index (κ1) is 14.0. The number of methoxy groups -OCH3 is 1. The molecule has 114 valence electrons. The molecule has 0 spiro atoms. The van der Waals surface area contributed by atoms with Gasteiger partial charge >= 0.3 is 5.97 Å². The number of carbonyl (C=O) groups is 2. The molecule has 3 heterocycles. The van der Waals surface area contributed by atoms with E-state index in [0.717, 1.165) is 0 Å². The van der Waals surface area contributed by atoms with Crippen LogP contribution in [0.3, 0.4) is 0 Å². The Bertz CT molecular complexity index is 572. The molecule has 0 saturated carbocycles. The molecule has 1 amide bonds. The van der Waals surface area contributed by atoms with E-state index in [1.54, 1.807) is 4.90 Å². The standard InChI is InChI=1S/C13H17N3O5/c1-19-12(18)13-6-16(3-8(13)4-20-7-13)11(17)9-5-21-10(2-14)15-9/h5,8H,2-4,6-7,14H2,1H3/t8-,13-/m0/s1. The van der Waals surface area contributed by atoms with Gasteiger partial charge in [0.05, 0.1) is 26.9 Å². The third-order valence-electron chi connectivity index (χ3n) is 4.20. The van der Waals surface area contributed by atoms with Crippen molar-refractivity contribution in [1.29, 1.82) is 0 Å². The molecule has 0 radical (unpaired) electrons. The SMILES string of the molecule is COC(=O)[C@@]12COC[C@@H]1CN(C(=O)c1coc(CN)n1)C2. The van der Waals surface area contributed by atoms with E-state index in [4.69, 9.17) is 19.6 Å². The van der Waals surface area contributed by atoms with E-state index in [2.05, 4.69) is 4.98 Å². The largest absolute Gasteiger partial charge is 0.468 e. The Labute approximate surface area is 121 Å². The Hall–Kier alpha value is -1.93. The second kappa shape index (κ2) is 5.12. The minimum Gasteiger partial charge on any atom is -0.468 e. The molecule has 2 aliphatic rings. The third kappa shape index (κ3) is 2.11. The zero-order chi connectivity index (χ0) is 15.0. The fourth-order valence-corrected chi connectivity index (χ4v) is 3.05. The number of hydrogen-bond acceptors (Lipinski definition) is 7. The summed E-state index contributed by atoms with van der Waals surface area (Å²) in [5.74, 6) is -0.335. The minimum absolute atomic E-state index is 0.0465. The molecule has 2 aliphatic heterocycles. The first-order valence-corrected chi connectivity index (χ1v) is 6.70. The van der Waals surface area contributed by atoms with Gasteiger partial charge in [-0.15, -0.1) is 0 Å². The maximum Gasteiger partial charge on any atom is 0.316 e. The molecule has 1 aromatic rings. The van der Waals surface area contributed by atoms with Gasteiger partial charge in [0.2, 0.25) is 5.89 Å². The number of amides is 1. The van der Waals surface area contributed by atoms with E-state index in [1.807, 2.05) is 0 Å². The molecule has 3 rings (SSSR count). The lowest BCUT2D eigenvalue weighted by Crippen LogP contribution is -2.41. The number of carbonyl (C=O) groups excluding carboxylic acids is 2. The van der Waals surface area contributed by atoms with Crippen molar-refractivity contribution in [2.45, 2.75) is 6.54 Å². The molecule has 2 atom stereocenters. The van der Waals surface area contributed by atoms with Gasteiger partial charge in [0.1, 0.15) is 11.7 Å². The van der Waals surface area contributed by atoms with Crippen molar-refractivity contribution in [3.05, 3.63) is 17.8 Å². The predicted molar refractivity (Wildman–Crippen MR) is 69.1 cm³/mol. The van der Waals surface area contributed by atoms with Crippen LogP contribution in [0.1, 0.15) is 16.4 Å². The molecule has 8 heteroatoms. The van der Waals surface area contributed by atoms with E-state index in [9.17, 15) is 9.59 Å². The van der Waals surface area contributed by atoms with Gasteiger partial charge in [-0.25, -0.2) is 4.98 Å². The first-order valence-electron chi connectivity index (χ1n) is 6.70. The quantitative estimate of drug-likeness (QED) is 0.741. The van der Waals surface area contributed by atoms with Crippen molar-refractivity contribution in [1.82, 2.24) is 9.88 Å². The number of nitrogens with two attached hydrogens (primary N) is 1. The molecule has 2 saturated heterocycles. The summed E-state index contributed by atoms with van der Waals surface area (Å²) in [7, 11) is 1.35. The van der Waals surface area contributed by atoms with Gasteiger partial charge in [-0.1, -0.05) is 0 Å². The Morgan fingerprint density at radius 2 is 2.43 bits per heavy atom. The van der Waals surface area contributed by atoms with E-state index < -0.39 is 5.41 Å². The van der Waals surface area contributed by atoms with Crippen LogP contribution in [0.4, 0.5) is 0 Å². The second-order valence-electron chi connectivity index (χ2n) is 5.38. The smallest absolute Gasteiger partial charge is 0.316 e. The van der Waals surface area contributed by atoms with Crippen LogP contribution in [0.25, 0.3) is 0 Å². The number of oxazole rings is 1. The summed E-state index contributed by atoms with van der Waals surface area (Å²) in [4.78, 5) is 30.1. The van der Waals surface area contributed by atoms with Gasteiger partial charge in [-0.3, -0.25) is 9.59 Å². The molecule has 2 N–H and O–H groups in total. The van der Waals surface area contributed by atoms with Crippen LogP contribution in [0.2, 0.25) is 0 Å². The van der Waals surface area contributed by atoms with E-state index in [0.29, 0.717) is 19.0 Å². The number of ether oxygens (including phenoxy) is 2. The number of aromatic nitrogens is 1. The molecule has 1 aromatic heterocycles. The van der Waals surface area contributed by atoms with Gasteiger partial charge in [0, 0.05) is 19.0 Å². The highest BCUT2D eigenvalue weighted by atomic mass is 16.5. The van der Waals surface area contributed by atoms with Gasteiger partial charge < -0.3 is 24.5 Å². The summed E-state index contributed by atoms with van der Waals surface area (Å²) in [6.07, 6.45) is 1.29. The number of esters is 1. The maximum atomic E-state index is 12.4. The first-order chi connectivity index (χ1) is 10.1. The summed E-state index contributed by atoms with van der Waals surface area (Å²) < 4.78 is 15.4. The highest BCUT2D eigenvalue weighted by molar-refractivity contribution is 5.93. The van der Waals surface area contributed by atoms with Crippen LogP contribution >= 0.6 is 0 Å². The maximum absolute atomic E-state index is 12.4. The van der Waals surface area contributed by atoms with Crippen molar-refractivity contribution >= 4 is 11.9 Å². The molecule has 2 fully saturated rings. The number of fused-ring (bicyclic) bond motifs is 1. The Kier molecular flexibility index (Phi) is 3.42. The molecular weight excluding hydrogens is 278 g/mol. The molecule has 0 bridgehead atoms. The highest BCUT2D eigenvalue weighted by Crippen LogP contribution is 2.42. The topological polar surface area (TPSA) is 108 Å². The summed E-state index contributed by atoms with van der Waals surface area (Å²) in [5, 5.41) is 0. The van der Waals surface area contributed by atoms with Crippen LogP contribution in [0.5, 0.6) is 0 Å². The Balaban J connectivity index is 1.79. The van der Waals surface area contributed by atoms with Crippen LogP contribution in [0.15, 0.2) is 10.7 Å². The average Bonchev–Trinajstić information content (AvgIpc) is 3.18. The average molecular weight is 295 g/mol. The van der Waals surface area contributed by atoms with Crippen molar-refractivity contribution in [2.75, 3.05) is 33.4 Å². The molecule has 0 aliphatic carbocycles. The van der Waals surface area contributed by atoms with Gasteiger partial charge in [-0.05, 0) is 0 Å². The molecule has 0 unspecified atom stereocenters. The lowest BCUT2D eigenvalue weighted by atomic mass is 9.81. The van der Waals surface area contributed by atoms with Crippen molar-refractivity contribution in [2.24, 2.45) is 17.1 Å². The number of rotatable bonds is 3. The zero-order valence-corrected chi connectivity index (χ0v) is 11.7. The van der Waals surface area contributed by atoms with E-state index in [-0.39, 0.29) is 43.2 Å². The number of nitrogens with zero attached hydrogens (tertiary/aromatic N) is 2. The van der Waals surface area contributed by atoms with Crippen LogP contribution in [-0.4, -0.2) is 55.2 Å². The summed E-state index contributed by atoms with van der Waals surface area (Å²) in [6.45, 7) is 1.58. The van der Waals surface area contributed by atoms with Gasteiger partial charge in [-0.2, -0.15) is 0 Å². The monoisotopic (exact) mass is 295 g/mol. The molecular formula is C13H17N3O5. The molecule has 8 nitrogen and oxygen atoms in total. The highest BCUT2D eigenvalue weighted by Gasteiger charge is 2.57. The number of hydrogen-bond donors (Lipinski definition) is 1. The van der Waals surface area contributed by atoms with Crippen molar-refractivity contribution < 1.29 is 23.5 Å². The molecule has 21 heavy (non-hydrogen) atoms. The lowest BCUT2D eigenvalue weighted by molar-refractivity contribution is -0.153. The van der Waals surface area contributed by atoms with Crippen molar-refractivity contribution in [3.8, 4) is 0 Å². The lowest BCUT2D eigenvalue weighted by Gasteiger charge is -2.23. The summed E-state index contributed by atoms with van der Waals surface area (Å²) >= 11 is 0. The fraction of sp³-hybridized carbons (Fsp3) is 0.615. The van der Waals surface area contributed by atoms with Crippen LogP contribution in [0, 0.1) is 11.3 Å². The Morgan fingerprint density at radius 3 is 3.10 bits per heavy atom. The van der Waals surface area contributed by atoms with Crippen molar-refractivity contribution in [3.63, 3.8) is 0 Å². The normalized spacial score (nSPS) is 27.7. The second-order valence-corrected chi connectivity index (χ2v) is 5.38. The van der Waals surface area contributed by atoms with Gasteiger partial charge in [0.25, 0.3) is 5.91 Å². The minimum atomic E-state index is -0.759. The van der Waals surface area contributed by atoms with Crippen LogP contribution in [-0.2, 0) is 20.8 Å². The zero-order valence-electron chi connectivity index (χ0n) is 11.7. The van der Waals surface area contributed by atoms with E-state index >= 15 is 0 Å². The third-order valence-corrected chi connectivity index (χ3v) is 4.20. The number of likely N-dealkylation sites (tertiary alicyclic amines) is 1. The predicted octanol–water partition coefficient (Wildman–Crippen LogP) is -0.605. The molecule has 0 aromatic carbocycles. The fourth-order valence-electron chi connectivity index (χ4n) is 3.05. The van der Waals surface area contributed by atoms with Crippen LogP contribution < -0.4 is 5.73 Å². The summed E-state index contributed by atoms with van der Waals surface area (Å²) in [5.41, 5.74) is 4.86. The van der Waals surface area contributed by atoms with E-state index in [1.165, 1.54) is 13.4 Å². The van der Waals surface area contributed by atoms with Gasteiger partial charge in [0.15, 0.2) is 5.69 Å². The Morgan fingerprint density at radius 1 is 1.62 bits per heavy atom.